The predicted octanol–water partition coefficient (Wildman–Crippen LogP) is 7.81. The van der Waals surface area contributed by atoms with Gasteiger partial charge in [-0.1, -0.05) is 58.1 Å². The molecular formula is C19H15N5S2. The van der Waals surface area contributed by atoms with E-state index < -0.39 is 0 Å². The fourth-order valence-electron chi connectivity index (χ4n) is 2.23. The van der Waals surface area contributed by atoms with Crippen molar-refractivity contribution in [2.45, 2.75) is 13.8 Å². The zero-order valence-corrected chi connectivity index (χ0v) is 15.9. The minimum absolute atomic E-state index is 0.647. The van der Waals surface area contributed by atoms with Crippen LogP contribution in [0.1, 0.15) is 11.1 Å². The maximum atomic E-state index is 4.51. The van der Waals surface area contributed by atoms with Crippen LogP contribution in [0, 0.1) is 13.8 Å². The molecule has 5 nitrogen and oxygen atoms in total. The third-order valence-corrected chi connectivity index (χ3v) is 5.58. The molecule has 128 valence electrons. The van der Waals surface area contributed by atoms with E-state index >= 15 is 0 Å². The van der Waals surface area contributed by atoms with Gasteiger partial charge in [-0.15, -0.1) is 20.5 Å². The van der Waals surface area contributed by atoms with E-state index in [2.05, 4.69) is 25.4 Å². The molecule has 0 saturated carbocycles. The molecule has 0 aliphatic rings. The second kappa shape index (κ2) is 7.23. The number of hydrogen-bond acceptors (Lipinski definition) is 7. The Hall–Kier alpha value is -2.77. The SMILES string of the molecule is Cc1ccc(N=Nc2cc3sc(N=Nc4ccc(C)cc4)nc3s2)cc1. The Bertz CT molecular complexity index is 973. The highest BCUT2D eigenvalue weighted by molar-refractivity contribution is 7.30. The molecule has 0 radical (unpaired) electrons. The van der Waals surface area contributed by atoms with Crippen LogP contribution in [0.3, 0.4) is 0 Å². The molecule has 0 N–H and O–H groups in total. The van der Waals surface area contributed by atoms with Crippen molar-refractivity contribution in [3.63, 3.8) is 0 Å². The molecule has 7 heteroatoms. The first kappa shape index (κ1) is 16.7. The molecule has 2 heterocycles. The van der Waals surface area contributed by atoms with Gasteiger partial charge >= 0.3 is 0 Å². The van der Waals surface area contributed by atoms with Crippen molar-refractivity contribution in [3.05, 3.63) is 65.7 Å². The molecule has 4 rings (SSSR count). The van der Waals surface area contributed by atoms with Gasteiger partial charge in [-0.25, -0.2) is 4.98 Å². The number of rotatable bonds is 4. The number of thiazole rings is 1. The number of aromatic nitrogens is 1. The zero-order valence-electron chi connectivity index (χ0n) is 14.2. The molecule has 0 spiro atoms. The third-order valence-electron chi connectivity index (χ3n) is 3.65. The van der Waals surface area contributed by atoms with E-state index in [0.717, 1.165) is 25.9 Å². The maximum absolute atomic E-state index is 4.51. The van der Waals surface area contributed by atoms with Gasteiger partial charge in [0.25, 0.3) is 0 Å². The summed E-state index contributed by atoms with van der Waals surface area (Å²) in [7, 11) is 0. The van der Waals surface area contributed by atoms with E-state index in [1.54, 1.807) is 0 Å². The molecule has 0 fully saturated rings. The van der Waals surface area contributed by atoms with Gasteiger partial charge < -0.3 is 0 Å². The average Bonchev–Trinajstić information content (AvgIpc) is 3.19. The first-order chi connectivity index (χ1) is 12.7. The number of thiophene rings is 1. The second-order valence-electron chi connectivity index (χ2n) is 5.82. The predicted molar refractivity (Wildman–Crippen MR) is 108 cm³/mol. The first-order valence-corrected chi connectivity index (χ1v) is 9.66. The van der Waals surface area contributed by atoms with Crippen molar-refractivity contribution < 1.29 is 0 Å². The molecule has 0 aliphatic heterocycles. The van der Waals surface area contributed by atoms with Crippen LogP contribution < -0.4 is 0 Å². The molecule has 0 atom stereocenters. The van der Waals surface area contributed by atoms with Gasteiger partial charge in [0.1, 0.15) is 9.83 Å². The van der Waals surface area contributed by atoms with Gasteiger partial charge in [0.2, 0.25) is 5.13 Å². The maximum Gasteiger partial charge on any atom is 0.231 e. The second-order valence-corrected chi connectivity index (χ2v) is 7.84. The van der Waals surface area contributed by atoms with E-state index in [9.17, 15) is 0 Å². The Morgan fingerprint density at radius 1 is 0.692 bits per heavy atom. The number of azo groups is 2. The Kier molecular flexibility index (Phi) is 4.64. The molecule has 26 heavy (non-hydrogen) atoms. The van der Waals surface area contributed by atoms with Crippen molar-refractivity contribution in [1.82, 2.24) is 4.98 Å². The van der Waals surface area contributed by atoms with Crippen LogP contribution in [-0.4, -0.2) is 4.98 Å². The fraction of sp³-hybridized carbons (Fsp3) is 0.105. The molecule has 0 unspecified atom stereocenters. The Morgan fingerprint density at radius 2 is 1.27 bits per heavy atom. The van der Waals surface area contributed by atoms with Crippen molar-refractivity contribution in [1.29, 1.82) is 0 Å². The molecule has 0 aliphatic carbocycles. The summed E-state index contributed by atoms with van der Waals surface area (Å²) in [5.41, 5.74) is 4.07. The van der Waals surface area contributed by atoms with E-state index in [0.29, 0.717) is 5.13 Å². The number of fused-ring (bicyclic) bond motifs is 1. The third kappa shape index (κ3) is 3.89. The lowest BCUT2D eigenvalue weighted by Gasteiger charge is -1.92. The topological polar surface area (TPSA) is 62.3 Å². The summed E-state index contributed by atoms with van der Waals surface area (Å²) in [6, 6.07) is 17.9. The largest absolute Gasteiger partial charge is 0.231 e. The molecular weight excluding hydrogens is 362 g/mol. The zero-order chi connectivity index (χ0) is 17.9. The van der Waals surface area contributed by atoms with Crippen LogP contribution >= 0.6 is 22.7 Å². The lowest BCUT2D eigenvalue weighted by Crippen LogP contribution is -1.67. The Morgan fingerprint density at radius 3 is 1.85 bits per heavy atom. The lowest BCUT2D eigenvalue weighted by atomic mass is 10.2. The van der Waals surface area contributed by atoms with Crippen molar-refractivity contribution >= 4 is 53.7 Å². The quantitative estimate of drug-likeness (QED) is 0.334. The molecule has 0 saturated heterocycles. The van der Waals surface area contributed by atoms with Crippen LogP contribution in [0.4, 0.5) is 21.5 Å². The molecule has 4 aromatic rings. The van der Waals surface area contributed by atoms with Crippen LogP contribution in [-0.2, 0) is 0 Å². The number of benzene rings is 2. The van der Waals surface area contributed by atoms with E-state index in [4.69, 9.17) is 0 Å². The number of hydrogen-bond donors (Lipinski definition) is 0. The average molecular weight is 377 g/mol. The summed E-state index contributed by atoms with van der Waals surface area (Å²) >= 11 is 3.00. The van der Waals surface area contributed by atoms with Gasteiger partial charge in [0, 0.05) is 0 Å². The summed E-state index contributed by atoms with van der Waals surface area (Å²) in [6.07, 6.45) is 0. The van der Waals surface area contributed by atoms with Crippen LogP contribution in [0.25, 0.3) is 9.53 Å². The summed E-state index contributed by atoms with van der Waals surface area (Å²) in [4.78, 5) is 5.42. The van der Waals surface area contributed by atoms with Crippen LogP contribution in [0.15, 0.2) is 75.1 Å². The highest BCUT2D eigenvalue weighted by Crippen LogP contribution is 2.39. The standard InChI is InChI=1S/C19H15N5S2/c1-12-3-7-14(8-4-12)21-23-17-11-16-18(26-17)20-19(25-16)24-22-15-9-5-13(2)6-10-15/h3-11H,1-2H3. The lowest BCUT2D eigenvalue weighted by molar-refractivity contribution is 1.21. The Balaban J connectivity index is 1.50. The molecule has 2 aromatic carbocycles. The van der Waals surface area contributed by atoms with Gasteiger partial charge in [-0.05, 0) is 44.2 Å². The molecule has 0 bridgehead atoms. The van der Waals surface area contributed by atoms with Gasteiger partial charge in [-0.2, -0.15) is 0 Å². The van der Waals surface area contributed by atoms with Crippen molar-refractivity contribution in [3.8, 4) is 0 Å². The highest BCUT2D eigenvalue weighted by Gasteiger charge is 2.08. The summed E-state index contributed by atoms with van der Waals surface area (Å²) in [5.74, 6) is 0. The Labute approximate surface area is 158 Å². The number of aryl methyl sites for hydroxylation is 2. The van der Waals surface area contributed by atoms with Gasteiger partial charge in [-0.3, -0.25) is 0 Å². The minimum atomic E-state index is 0.647. The first-order valence-electron chi connectivity index (χ1n) is 8.03. The fourth-order valence-corrected chi connectivity index (χ4v) is 4.08. The van der Waals surface area contributed by atoms with E-state index in [1.807, 2.05) is 68.4 Å². The number of nitrogens with zero attached hydrogens (tertiary/aromatic N) is 5. The van der Waals surface area contributed by atoms with Crippen molar-refractivity contribution in [2.75, 3.05) is 0 Å². The normalized spacial score (nSPS) is 11.9. The van der Waals surface area contributed by atoms with Gasteiger partial charge in [0.15, 0.2) is 0 Å². The van der Waals surface area contributed by atoms with Gasteiger partial charge in [0.05, 0.1) is 16.1 Å². The summed E-state index contributed by atoms with van der Waals surface area (Å²) in [6.45, 7) is 4.09. The summed E-state index contributed by atoms with van der Waals surface area (Å²) < 4.78 is 1.05. The van der Waals surface area contributed by atoms with E-state index in [-0.39, 0.29) is 0 Å². The molecule has 0 amide bonds. The van der Waals surface area contributed by atoms with Crippen LogP contribution in [0.2, 0.25) is 0 Å². The molecule has 2 aromatic heterocycles. The van der Waals surface area contributed by atoms with E-state index in [1.165, 1.54) is 33.8 Å². The van der Waals surface area contributed by atoms with Crippen LogP contribution in [0.5, 0.6) is 0 Å². The highest BCUT2D eigenvalue weighted by atomic mass is 32.1. The minimum Gasteiger partial charge on any atom is -0.206 e. The monoisotopic (exact) mass is 377 g/mol. The summed E-state index contributed by atoms with van der Waals surface area (Å²) in [5, 5.41) is 18.5. The smallest absolute Gasteiger partial charge is 0.206 e. The van der Waals surface area contributed by atoms with Crippen molar-refractivity contribution in [2.24, 2.45) is 20.5 Å².